The number of aryl methyl sites for hydroxylation is 2. The molecule has 0 aromatic heterocycles. The van der Waals surface area contributed by atoms with Gasteiger partial charge in [0, 0.05) is 21.3 Å². The van der Waals surface area contributed by atoms with Crippen molar-refractivity contribution >= 4 is 43.2 Å². The van der Waals surface area contributed by atoms with Crippen molar-refractivity contribution in [1.29, 1.82) is 0 Å². The van der Waals surface area contributed by atoms with E-state index in [-0.39, 0.29) is 0 Å². The van der Waals surface area contributed by atoms with Crippen LogP contribution in [0.4, 0.5) is 0 Å². The molecule has 0 saturated heterocycles. The fourth-order valence-electron chi connectivity index (χ4n) is 1.75. The molecule has 0 heterocycles. The smallest absolute Gasteiger partial charge is 0.0906 e. The molecule has 2 nitrogen and oxygen atoms in total. The number of hydrogen-bond acceptors (Lipinski definition) is 6. The van der Waals surface area contributed by atoms with Crippen LogP contribution in [0.3, 0.4) is 0 Å². The number of hydrogen-bond donors (Lipinski definition) is 2. The highest BCUT2D eigenvalue weighted by Crippen LogP contribution is 2.34. The van der Waals surface area contributed by atoms with E-state index in [1.54, 1.807) is 43.2 Å². The molecule has 0 unspecified atom stereocenters. The zero-order valence-corrected chi connectivity index (χ0v) is 17.0. The van der Waals surface area contributed by atoms with E-state index in [0.717, 1.165) is 9.79 Å². The van der Waals surface area contributed by atoms with Gasteiger partial charge in [-0.1, -0.05) is 78.6 Å². The van der Waals surface area contributed by atoms with Crippen molar-refractivity contribution in [1.82, 2.24) is 0 Å². The van der Waals surface area contributed by atoms with Crippen LogP contribution in [0.2, 0.25) is 0 Å². The Bertz CT molecular complexity index is 546. The van der Waals surface area contributed by atoms with Gasteiger partial charge in [0.15, 0.2) is 0 Å². The summed E-state index contributed by atoms with van der Waals surface area (Å²) in [5.41, 5.74) is 2.48. The van der Waals surface area contributed by atoms with E-state index in [0.29, 0.717) is 11.5 Å². The first kappa shape index (κ1) is 20.1. The second-order valence-electron chi connectivity index (χ2n) is 5.50. The minimum Gasteiger partial charge on any atom is -0.390 e. The van der Waals surface area contributed by atoms with Crippen LogP contribution in [0.1, 0.15) is 11.1 Å². The summed E-state index contributed by atoms with van der Waals surface area (Å²) in [6.07, 6.45) is -1.42. The maximum atomic E-state index is 10.1. The van der Waals surface area contributed by atoms with Gasteiger partial charge in [0.1, 0.15) is 0 Å². The summed E-state index contributed by atoms with van der Waals surface area (Å²) >= 11 is 0. The predicted octanol–water partition coefficient (Wildman–Crippen LogP) is 5.21. The van der Waals surface area contributed by atoms with E-state index in [1.807, 2.05) is 0 Å². The highest BCUT2D eigenvalue weighted by atomic mass is 33.1. The Kier molecular flexibility index (Phi) is 8.94. The second kappa shape index (κ2) is 10.7. The number of aliphatic hydroxyl groups excluding tert-OH is 2. The molecule has 0 bridgehead atoms. The van der Waals surface area contributed by atoms with E-state index >= 15 is 0 Å². The van der Waals surface area contributed by atoms with Crippen LogP contribution in [0.5, 0.6) is 0 Å². The molecule has 2 aromatic carbocycles. The molecule has 0 aliphatic heterocycles. The Hall–Kier alpha value is -0.240. The Labute approximate surface area is 160 Å². The van der Waals surface area contributed by atoms with Crippen LogP contribution in [0.15, 0.2) is 58.3 Å². The lowest BCUT2D eigenvalue weighted by Crippen LogP contribution is -2.29. The lowest BCUT2D eigenvalue weighted by atomic mass is 10.2. The highest BCUT2D eigenvalue weighted by Gasteiger charge is 2.17. The number of aliphatic hydroxyl groups is 2. The molecular weight excluding hydrogens is 376 g/mol. The fraction of sp³-hybridized carbons (Fsp3) is 0.333. The summed E-state index contributed by atoms with van der Waals surface area (Å²) in [7, 11) is 6.40. The standard InChI is InChI=1S/C18H22O2S4/c1-13-3-7-15(8-4-13)23-21-11-17(19)18(20)12-22-24-16-9-5-14(2)6-10-16/h3-10,17-20H,11-12H2,1-2H3/t17-,18-/m0/s1. The van der Waals surface area contributed by atoms with Gasteiger partial charge in [-0.05, 0) is 38.1 Å². The normalized spacial score (nSPS) is 13.7. The Morgan fingerprint density at radius 1 is 0.667 bits per heavy atom. The molecule has 2 rings (SSSR count). The molecule has 2 atom stereocenters. The SMILES string of the molecule is Cc1ccc(SSC[C@H](O)[C@@H](O)CSSc2ccc(C)cc2)cc1. The Morgan fingerprint density at radius 2 is 1.00 bits per heavy atom. The Morgan fingerprint density at radius 3 is 1.33 bits per heavy atom. The first-order valence-corrected chi connectivity index (χ1v) is 12.3. The van der Waals surface area contributed by atoms with E-state index in [1.165, 1.54) is 11.1 Å². The van der Waals surface area contributed by atoms with Gasteiger partial charge in [-0.25, -0.2) is 0 Å². The lowest BCUT2D eigenvalue weighted by molar-refractivity contribution is 0.0503. The van der Waals surface area contributed by atoms with Gasteiger partial charge in [0.25, 0.3) is 0 Å². The quantitative estimate of drug-likeness (QED) is 0.565. The third-order valence-corrected chi connectivity index (χ3v) is 8.07. The average Bonchev–Trinajstić information content (AvgIpc) is 2.58. The van der Waals surface area contributed by atoms with Gasteiger partial charge in [0.05, 0.1) is 12.2 Å². The van der Waals surface area contributed by atoms with Crippen molar-refractivity contribution in [3.63, 3.8) is 0 Å². The van der Waals surface area contributed by atoms with Gasteiger partial charge in [-0.15, -0.1) is 0 Å². The van der Waals surface area contributed by atoms with Gasteiger partial charge in [0.2, 0.25) is 0 Å². The molecule has 0 amide bonds. The summed E-state index contributed by atoms with van der Waals surface area (Å²) in [5.74, 6) is 1.02. The third-order valence-electron chi connectivity index (χ3n) is 3.27. The van der Waals surface area contributed by atoms with Crippen LogP contribution < -0.4 is 0 Å². The maximum absolute atomic E-state index is 10.1. The molecule has 0 saturated carbocycles. The molecule has 0 aliphatic carbocycles. The summed E-state index contributed by atoms with van der Waals surface area (Å²) in [6, 6.07) is 16.6. The minimum absolute atomic E-state index is 0.509. The molecular formula is C18H22O2S4. The average molecular weight is 399 g/mol. The van der Waals surface area contributed by atoms with Crippen LogP contribution in [-0.4, -0.2) is 33.9 Å². The first-order valence-electron chi connectivity index (χ1n) is 7.63. The zero-order valence-electron chi connectivity index (χ0n) is 13.7. The van der Waals surface area contributed by atoms with Crippen LogP contribution in [0.25, 0.3) is 0 Å². The number of rotatable bonds is 9. The van der Waals surface area contributed by atoms with E-state index < -0.39 is 12.2 Å². The molecule has 6 heteroatoms. The predicted molar refractivity (Wildman–Crippen MR) is 111 cm³/mol. The van der Waals surface area contributed by atoms with E-state index in [2.05, 4.69) is 62.4 Å². The summed E-state index contributed by atoms with van der Waals surface area (Å²) in [4.78, 5) is 2.33. The lowest BCUT2D eigenvalue weighted by Gasteiger charge is -2.16. The topological polar surface area (TPSA) is 40.5 Å². The second-order valence-corrected chi connectivity index (χ2v) is 10.3. The largest absolute Gasteiger partial charge is 0.390 e. The van der Waals surface area contributed by atoms with Crippen LogP contribution >= 0.6 is 43.2 Å². The molecule has 0 spiro atoms. The van der Waals surface area contributed by atoms with Crippen LogP contribution in [-0.2, 0) is 0 Å². The summed E-state index contributed by atoms with van der Waals surface area (Å²) in [5, 5.41) is 20.1. The molecule has 2 aromatic rings. The molecule has 0 radical (unpaired) electrons. The minimum atomic E-state index is -0.709. The molecule has 0 fully saturated rings. The van der Waals surface area contributed by atoms with Crippen LogP contribution in [0, 0.1) is 13.8 Å². The van der Waals surface area contributed by atoms with Gasteiger partial charge < -0.3 is 10.2 Å². The zero-order chi connectivity index (χ0) is 17.4. The van der Waals surface area contributed by atoms with Crippen molar-refractivity contribution in [2.24, 2.45) is 0 Å². The van der Waals surface area contributed by atoms with Gasteiger partial charge in [-0.3, -0.25) is 0 Å². The van der Waals surface area contributed by atoms with E-state index in [9.17, 15) is 10.2 Å². The third kappa shape index (κ3) is 7.33. The first-order chi connectivity index (χ1) is 11.5. The van der Waals surface area contributed by atoms with Crippen molar-refractivity contribution < 1.29 is 10.2 Å². The maximum Gasteiger partial charge on any atom is 0.0906 e. The number of benzene rings is 2. The summed E-state index contributed by atoms with van der Waals surface area (Å²) < 4.78 is 0. The fourth-order valence-corrected chi connectivity index (χ4v) is 6.11. The van der Waals surface area contributed by atoms with E-state index in [4.69, 9.17) is 0 Å². The molecule has 0 aliphatic rings. The van der Waals surface area contributed by atoms with Crippen molar-refractivity contribution in [2.75, 3.05) is 11.5 Å². The van der Waals surface area contributed by atoms with Gasteiger partial charge >= 0.3 is 0 Å². The van der Waals surface area contributed by atoms with Crippen molar-refractivity contribution in [3.8, 4) is 0 Å². The Balaban J connectivity index is 1.63. The monoisotopic (exact) mass is 398 g/mol. The van der Waals surface area contributed by atoms with Gasteiger partial charge in [-0.2, -0.15) is 0 Å². The van der Waals surface area contributed by atoms with Crippen molar-refractivity contribution in [2.45, 2.75) is 35.8 Å². The molecule has 24 heavy (non-hydrogen) atoms. The summed E-state index contributed by atoms with van der Waals surface area (Å²) in [6.45, 7) is 4.13. The molecule has 2 N–H and O–H groups in total. The molecule has 130 valence electrons. The highest BCUT2D eigenvalue weighted by molar-refractivity contribution is 8.77. The van der Waals surface area contributed by atoms with Crippen molar-refractivity contribution in [3.05, 3.63) is 59.7 Å².